The Morgan fingerprint density at radius 1 is 1.58 bits per heavy atom. The Hall–Kier alpha value is -0.870. The minimum Gasteiger partial charge on any atom is -0.496 e. The highest BCUT2D eigenvalue weighted by molar-refractivity contribution is 9.10. The van der Waals surface area contributed by atoms with E-state index in [1.165, 1.54) is 0 Å². The average Bonchev–Trinajstić information content (AvgIpc) is 2.71. The summed E-state index contributed by atoms with van der Waals surface area (Å²) in [7, 11) is 1.63. The molecular weight excluding hydrogens is 306 g/mol. The zero-order valence-electron chi connectivity index (χ0n) is 11.4. The molecule has 0 spiro atoms. The van der Waals surface area contributed by atoms with Crippen LogP contribution in [0.1, 0.15) is 31.7 Å². The van der Waals surface area contributed by atoms with Gasteiger partial charge in [0.1, 0.15) is 11.5 Å². The molecule has 2 unspecified atom stereocenters. The van der Waals surface area contributed by atoms with E-state index in [0.717, 1.165) is 35.0 Å². The van der Waals surface area contributed by atoms with Gasteiger partial charge < -0.3 is 10.5 Å². The topological polar surface area (TPSA) is 52.3 Å². The van der Waals surface area contributed by atoms with Crippen LogP contribution in [0.5, 0.6) is 5.75 Å². The lowest BCUT2D eigenvalue weighted by atomic mass is 9.78. The third-order valence-corrected chi connectivity index (χ3v) is 4.87. The highest BCUT2D eigenvalue weighted by Crippen LogP contribution is 2.38. The summed E-state index contributed by atoms with van der Waals surface area (Å²) in [5, 5.41) is 0. The highest BCUT2D eigenvalue weighted by atomic mass is 79.9. The Balaban J connectivity index is 2.13. The Bertz CT molecular complexity index is 489. The molecule has 0 radical (unpaired) electrons. The van der Waals surface area contributed by atoms with Crippen LogP contribution in [0.4, 0.5) is 0 Å². The minimum absolute atomic E-state index is 0.00156. The van der Waals surface area contributed by atoms with Gasteiger partial charge in [0, 0.05) is 17.9 Å². The first kappa shape index (κ1) is 14.5. The van der Waals surface area contributed by atoms with Crippen LogP contribution in [0.3, 0.4) is 0 Å². The van der Waals surface area contributed by atoms with E-state index in [2.05, 4.69) is 15.9 Å². The van der Waals surface area contributed by atoms with Gasteiger partial charge in [0.05, 0.1) is 11.6 Å². The van der Waals surface area contributed by atoms with Crippen LogP contribution in [-0.2, 0) is 11.2 Å². The number of benzene rings is 1. The summed E-state index contributed by atoms with van der Waals surface area (Å²) in [4.78, 5) is 12.5. The van der Waals surface area contributed by atoms with Crippen LogP contribution in [0.2, 0.25) is 0 Å². The first-order valence-electron chi connectivity index (χ1n) is 6.58. The third kappa shape index (κ3) is 2.84. The van der Waals surface area contributed by atoms with Crippen molar-refractivity contribution in [2.24, 2.45) is 11.1 Å². The Morgan fingerprint density at radius 2 is 2.32 bits per heavy atom. The number of methoxy groups -OCH3 is 1. The zero-order valence-corrected chi connectivity index (χ0v) is 13.0. The van der Waals surface area contributed by atoms with E-state index in [-0.39, 0.29) is 17.2 Å². The minimum atomic E-state index is -0.355. The predicted octanol–water partition coefficient (Wildman–Crippen LogP) is 3.09. The molecule has 0 heterocycles. The molecule has 1 aliphatic carbocycles. The molecule has 1 aromatic rings. The summed E-state index contributed by atoms with van der Waals surface area (Å²) in [6.45, 7) is 2.01. The number of nitrogens with two attached hydrogens (primary N) is 1. The Morgan fingerprint density at radius 3 is 2.84 bits per heavy atom. The summed E-state index contributed by atoms with van der Waals surface area (Å²) in [5.41, 5.74) is 6.74. The second-order valence-electron chi connectivity index (χ2n) is 5.49. The normalized spacial score (nSPS) is 26.4. The molecule has 0 saturated heterocycles. The monoisotopic (exact) mass is 325 g/mol. The van der Waals surface area contributed by atoms with Crippen LogP contribution in [-0.4, -0.2) is 18.9 Å². The third-order valence-electron chi connectivity index (χ3n) is 4.25. The summed E-state index contributed by atoms with van der Waals surface area (Å²) in [5.74, 6) is 1.02. The van der Waals surface area contributed by atoms with Crippen molar-refractivity contribution >= 4 is 21.7 Å². The van der Waals surface area contributed by atoms with Gasteiger partial charge in [0.15, 0.2) is 0 Å². The van der Waals surface area contributed by atoms with E-state index in [1.807, 2.05) is 25.1 Å². The fraction of sp³-hybridized carbons (Fsp3) is 0.533. The Labute approximate surface area is 122 Å². The Kier molecular flexibility index (Phi) is 4.31. The van der Waals surface area contributed by atoms with Crippen molar-refractivity contribution in [2.75, 3.05) is 7.11 Å². The molecule has 0 aliphatic heterocycles. The number of Topliss-reactive ketones (excluding diaryl/α,β-unsaturated/α-hetero) is 1. The first-order valence-corrected chi connectivity index (χ1v) is 7.38. The van der Waals surface area contributed by atoms with Crippen molar-refractivity contribution < 1.29 is 9.53 Å². The van der Waals surface area contributed by atoms with Crippen molar-refractivity contribution in [1.82, 2.24) is 0 Å². The quantitative estimate of drug-likeness (QED) is 0.925. The molecule has 1 fully saturated rings. The molecule has 104 valence electrons. The molecule has 0 amide bonds. The average molecular weight is 326 g/mol. The van der Waals surface area contributed by atoms with Gasteiger partial charge in [-0.25, -0.2) is 0 Å². The van der Waals surface area contributed by atoms with Crippen LogP contribution >= 0.6 is 15.9 Å². The number of rotatable bonds is 4. The number of ketones is 1. The number of hydrogen-bond donors (Lipinski definition) is 1. The maximum absolute atomic E-state index is 12.5. The molecule has 0 bridgehead atoms. The largest absolute Gasteiger partial charge is 0.496 e. The van der Waals surface area contributed by atoms with Gasteiger partial charge >= 0.3 is 0 Å². The molecule has 19 heavy (non-hydrogen) atoms. The van der Waals surface area contributed by atoms with Gasteiger partial charge in [0.25, 0.3) is 0 Å². The lowest BCUT2D eigenvalue weighted by Gasteiger charge is -2.27. The summed E-state index contributed by atoms with van der Waals surface area (Å²) >= 11 is 3.45. The molecule has 2 rings (SSSR count). The lowest BCUT2D eigenvalue weighted by Crippen LogP contribution is -2.41. The van der Waals surface area contributed by atoms with Crippen molar-refractivity contribution in [3.63, 3.8) is 0 Å². The van der Waals surface area contributed by atoms with E-state index < -0.39 is 0 Å². The lowest BCUT2D eigenvalue weighted by molar-refractivity contribution is -0.127. The number of carbonyl (C=O) groups is 1. The van der Waals surface area contributed by atoms with Crippen molar-refractivity contribution in [3.05, 3.63) is 28.2 Å². The van der Waals surface area contributed by atoms with E-state index in [0.29, 0.717) is 6.42 Å². The number of halogens is 1. The molecule has 2 N–H and O–H groups in total. The van der Waals surface area contributed by atoms with Crippen molar-refractivity contribution in [3.8, 4) is 5.75 Å². The predicted molar refractivity (Wildman–Crippen MR) is 79.3 cm³/mol. The second kappa shape index (κ2) is 5.63. The first-order chi connectivity index (χ1) is 8.97. The molecule has 1 saturated carbocycles. The summed E-state index contributed by atoms with van der Waals surface area (Å²) < 4.78 is 6.07. The maximum Gasteiger partial charge on any atom is 0.144 e. The smallest absolute Gasteiger partial charge is 0.144 e. The van der Waals surface area contributed by atoms with E-state index in [4.69, 9.17) is 10.5 Å². The standard InChI is InChI=1S/C15H20BrNO2/c1-15(7-3-4-13(15)17)14(18)9-10-5-6-12(19-2)11(16)8-10/h5-6,8,13H,3-4,7,9,17H2,1-2H3. The zero-order chi connectivity index (χ0) is 14.0. The SMILES string of the molecule is COc1ccc(CC(=O)C2(C)CCCC2N)cc1Br. The van der Waals surface area contributed by atoms with Crippen LogP contribution < -0.4 is 10.5 Å². The van der Waals surface area contributed by atoms with Gasteiger partial charge in [-0.1, -0.05) is 19.4 Å². The molecular formula is C15H20BrNO2. The molecule has 2 atom stereocenters. The van der Waals surface area contributed by atoms with Gasteiger partial charge in [0.2, 0.25) is 0 Å². The van der Waals surface area contributed by atoms with Gasteiger partial charge in [-0.05, 0) is 46.5 Å². The highest BCUT2D eigenvalue weighted by Gasteiger charge is 2.42. The maximum atomic E-state index is 12.5. The van der Waals surface area contributed by atoms with E-state index in [9.17, 15) is 4.79 Å². The van der Waals surface area contributed by atoms with Crippen LogP contribution in [0.15, 0.2) is 22.7 Å². The van der Waals surface area contributed by atoms with E-state index >= 15 is 0 Å². The fourth-order valence-corrected chi connectivity index (χ4v) is 3.33. The number of hydrogen-bond acceptors (Lipinski definition) is 3. The molecule has 3 nitrogen and oxygen atoms in total. The second-order valence-corrected chi connectivity index (χ2v) is 6.34. The summed E-state index contributed by atoms with van der Waals surface area (Å²) in [6.07, 6.45) is 3.35. The van der Waals surface area contributed by atoms with Gasteiger partial charge in [-0.2, -0.15) is 0 Å². The molecule has 4 heteroatoms. The summed E-state index contributed by atoms with van der Waals surface area (Å²) in [6, 6.07) is 5.76. The number of carbonyl (C=O) groups excluding carboxylic acids is 1. The molecule has 1 aromatic carbocycles. The van der Waals surface area contributed by atoms with Crippen molar-refractivity contribution in [1.29, 1.82) is 0 Å². The van der Waals surface area contributed by atoms with Crippen molar-refractivity contribution in [2.45, 2.75) is 38.6 Å². The molecule has 1 aliphatic rings. The fourth-order valence-electron chi connectivity index (χ4n) is 2.75. The van der Waals surface area contributed by atoms with E-state index in [1.54, 1.807) is 7.11 Å². The van der Waals surface area contributed by atoms with Gasteiger partial charge in [-0.15, -0.1) is 0 Å². The van der Waals surface area contributed by atoms with Crippen LogP contribution in [0.25, 0.3) is 0 Å². The number of ether oxygens (including phenoxy) is 1. The van der Waals surface area contributed by atoms with Gasteiger partial charge in [-0.3, -0.25) is 4.79 Å². The molecule has 0 aromatic heterocycles. The van der Waals surface area contributed by atoms with Crippen LogP contribution in [0, 0.1) is 5.41 Å².